The van der Waals surface area contributed by atoms with Crippen molar-refractivity contribution in [2.45, 2.75) is 20.3 Å². The summed E-state index contributed by atoms with van der Waals surface area (Å²) in [5.74, 6) is -0.211. The van der Waals surface area contributed by atoms with Gasteiger partial charge in [-0.25, -0.2) is 4.68 Å². The minimum atomic E-state index is -0.211. The van der Waals surface area contributed by atoms with E-state index in [0.717, 1.165) is 34.3 Å². The molecule has 32 heavy (non-hydrogen) atoms. The molecule has 3 aromatic carbocycles. The van der Waals surface area contributed by atoms with E-state index in [9.17, 15) is 9.59 Å². The van der Waals surface area contributed by atoms with E-state index in [2.05, 4.69) is 22.3 Å². The molecule has 0 fully saturated rings. The highest BCUT2D eigenvalue weighted by Gasteiger charge is 2.14. The lowest BCUT2D eigenvalue weighted by molar-refractivity contribution is 0.102. The smallest absolute Gasteiger partial charge is 0.280 e. The Bertz CT molecular complexity index is 1530. The third kappa shape index (κ3) is 3.46. The highest BCUT2D eigenvalue weighted by Crippen LogP contribution is 2.23. The van der Waals surface area contributed by atoms with E-state index in [1.165, 1.54) is 4.68 Å². The number of aromatic amines is 1. The molecule has 6 heteroatoms. The summed E-state index contributed by atoms with van der Waals surface area (Å²) >= 11 is 0. The first-order valence-electron chi connectivity index (χ1n) is 10.5. The summed E-state index contributed by atoms with van der Waals surface area (Å²) in [5, 5.41) is 7.36. The van der Waals surface area contributed by atoms with E-state index in [1.54, 1.807) is 24.4 Å². The molecule has 2 aromatic heterocycles. The fraction of sp³-hybridized carbons (Fsp3) is 0.115. The van der Waals surface area contributed by atoms with Crippen LogP contribution in [0.2, 0.25) is 0 Å². The Hall–Kier alpha value is -4.19. The SMILES string of the molecule is CCc1cccc(NC(=O)c2ccc3ncc4c(=O)n(-c5ccc(C)cc5)[nH]c4c3c2)c1. The minimum absolute atomic E-state index is 0.176. The van der Waals surface area contributed by atoms with Gasteiger partial charge in [-0.1, -0.05) is 36.8 Å². The molecule has 5 rings (SSSR count). The summed E-state index contributed by atoms with van der Waals surface area (Å²) in [4.78, 5) is 30.3. The van der Waals surface area contributed by atoms with Gasteiger partial charge in [0.25, 0.3) is 11.5 Å². The van der Waals surface area contributed by atoms with Gasteiger partial charge in [0.2, 0.25) is 0 Å². The molecular formula is C26H22N4O2. The molecule has 0 radical (unpaired) electrons. The van der Waals surface area contributed by atoms with Gasteiger partial charge in [0.05, 0.1) is 22.1 Å². The van der Waals surface area contributed by atoms with Gasteiger partial charge in [-0.15, -0.1) is 0 Å². The van der Waals surface area contributed by atoms with Gasteiger partial charge in [0.15, 0.2) is 0 Å². The summed E-state index contributed by atoms with van der Waals surface area (Å²) in [6.45, 7) is 4.08. The second-order valence-electron chi connectivity index (χ2n) is 7.87. The number of aryl methyl sites for hydroxylation is 2. The topological polar surface area (TPSA) is 79.8 Å². The normalized spacial score (nSPS) is 11.2. The maximum atomic E-state index is 13.0. The van der Waals surface area contributed by atoms with Crippen LogP contribution in [0.1, 0.15) is 28.4 Å². The van der Waals surface area contributed by atoms with Gasteiger partial charge in [0.1, 0.15) is 0 Å². The lowest BCUT2D eigenvalue weighted by Gasteiger charge is -2.08. The van der Waals surface area contributed by atoms with Crippen LogP contribution in [0.25, 0.3) is 27.5 Å². The summed E-state index contributed by atoms with van der Waals surface area (Å²) in [6.07, 6.45) is 2.48. The predicted octanol–water partition coefficient (Wildman–Crippen LogP) is 4.99. The molecule has 2 heterocycles. The van der Waals surface area contributed by atoms with E-state index in [-0.39, 0.29) is 11.5 Å². The number of fused-ring (bicyclic) bond motifs is 3. The highest BCUT2D eigenvalue weighted by atomic mass is 16.1. The molecule has 0 saturated heterocycles. The van der Waals surface area contributed by atoms with Crippen molar-refractivity contribution in [1.29, 1.82) is 0 Å². The highest BCUT2D eigenvalue weighted by molar-refractivity contribution is 6.10. The van der Waals surface area contributed by atoms with Gasteiger partial charge in [0, 0.05) is 22.8 Å². The molecule has 6 nitrogen and oxygen atoms in total. The zero-order chi connectivity index (χ0) is 22.2. The second-order valence-corrected chi connectivity index (χ2v) is 7.87. The number of pyridine rings is 1. The lowest BCUT2D eigenvalue weighted by Crippen LogP contribution is -2.14. The first kappa shape index (κ1) is 19.8. The molecule has 5 aromatic rings. The van der Waals surface area contributed by atoms with Crippen molar-refractivity contribution >= 4 is 33.4 Å². The van der Waals surface area contributed by atoms with E-state index in [0.29, 0.717) is 22.0 Å². The van der Waals surface area contributed by atoms with E-state index >= 15 is 0 Å². The third-order valence-corrected chi connectivity index (χ3v) is 5.67. The fourth-order valence-electron chi connectivity index (χ4n) is 3.85. The summed E-state index contributed by atoms with van der Waals surface area (Å²) in [6, 6.07) is 20.8. The zero-order valence-electron chi connectivity index (χ0n) is 17.8. The molecule has 0 aliphatic carbocycles. The van der Waals surface area contributed by atoms with Crippen LogP contribution in [0.5, 0.6) is 0 Å². The standard InChI is InChI=1S/C26H22N4O2/c1-3-17-5-4-6-19(13-17)28-25(31)18-9-12-23-21(14-18)24-22(15-27-23)26(32)30(29-24)20-10-7-16(2)8-11-20/h4-15,29H,3H2,1-2H3,(H,28,31). The molecular weight excluding hydrogens is 400 g/mol. The summed E-state index contributed by atoms with van der Waals surface area (Å²) in [5.41, 5.74) is 5.46. The van der Waals surface area contributed by atoms with E-state index < -0.39 is 0 Å². The number of aromatic nitrogens is 3. The first-order valence-corrected chi connectivity index (χ1v) is 10.5. The van der Waals surface area contributed by atoms with Gasteiger partial charge >= 0.3 is 0 Å². The number of hydrogen-bond acceptors (Lipinski definition) is 3. The lowest BCUT2D eigenvalue weighted by atomic mass is 10.1. The van der Waals surface area contributed by atoms with Crippen LogP contribution in [-0.4, -0.2) is 20.7 Å². The van der Waals surface area contributed by atoms with Gasteiger partial charge in [-0.05, 0) is 61.4 Å². The number of carbonyl (C=O) groups excluding carboxylic acids is 1. The Kier molecular flexibility index (Phi) is 4.82. The maximum Gasteiger partial charge on any atom is 0.280 e. The van der Waals surface area contributed by atoms with Crippen LogP contribution < -0.4 is 10.9 Å². The molecule has 0 spiro atoms. The molecule has 1 amide bonds. The number of nitrogens with zero attached hydrogens (tertiary/aromatic N) is 2. The molecule has 0 unspecified atom stereocenters. The van der Waals surface area contributed by atoms with Crippen molar-refractivity contribution in [3.63, 3.8) is 0 Å². The number of amides is 1. The summed E-state index contributed by atoms with van der Waals surface area (Å²) in [7, 11) is 0. The minimum Gasteiger partial charge on any atom is -0.322 e. The van der Waals surface area contributed by atoms with Crippen LogP contribution in [-0.2, 0) is 6.42 Å². The van der Waals surface area contributed by atoms with Gasteiger partial charge in [-0.3, -0.25) is 19.7 Å². The first-order chi connectivity index (χ1) is 15.5. The van der Waals surface area contributed by atoms with Crippen molar-refractivity contribution in [2.24, 2.45) is 0 Å². The Balaban J connectivity index is 1.58. The van der Waals surface area contributed by atoms with Crippen LogP contribution >= 0.6 is 0 Å². The third-order valence-electron chi connectivity index (χ3n) is 5.67. The molecule has 0 aliphatic heterocycles. The number of nitrogens with one attached hydrogen (secondary N) is 2. The number of benzene rings is 3. The molecule has 0 aliphatic rings. The van der Waals surface area contributed by atoms with Crippen molar-refractivity contribution in [3.8, 4) is 5.69 Å². The van der Waals surface area contributed by atoms with Crippen LogP contribution in [0.3, 0.4) is 0 Å². The maximum absolute atomic E-state index is 13.0. The number of hydrogen-bond donors (Lipinski definition) is 2. The van der Waals surface area contributed by atoms with Crippen molar-refractivity contribution < 1.29 is 4.79 Å². The van der Waals surface area contributed by atoms with Gasteiger partial charge in [-0.2, -0.15) is 0 Å². The Morgan fingerprint density at radius 2 is 1.84 bits per heavy atom. The van der Waals surface area contributed by atoms with Crippen LogP contribution in [0.15, 0.2) is 77.7 Å². The summed E-state index contributed by atoms with van der Waals surface area (Å²) < 4.78 is 1.51. The average molecular weight is 422 g/mol. The number of rotatable bonds is 4. The Labute approximate surface area is 184 Å². The number of carbonyl (C=O) groups is 1. The zero-order valence-corrected chi connectivity index (χ0v) is 17.8. The number of anilines is 1. The second kappa shape index (κ2) is 7.81. The predicted molar refractivity (Wildman–Crippen MR) is 128 cm³/mol. The largest absolute Gasteiger partial charge is 0.322 e. The Morgan fingerprint density at radius 1 is 1.03 bits per heavy atom. The Morgan fingerprint density at radius 3 is 2.62 bits per heavy atom. The van der Waals surface area contributed by atoms with Gasteiger partial charge < -0.3 is 5.32 Å². The molecule has 0 bridgehead atoms. The fourth-order valence-corrected chi connectivity index (χ4v) is 3.85. The quantitative estimate of drug-likeness (QED) is 0.428. The molecule has 158 valence electrons. The van der Waals surface area contributed by atoms with Crippen molar-refractivity contribution in [1.82, 2.24) is 14.8 Å². The van der Waals surface area contributed by atoms with Crippen molar-refractivity contribution in [2.75, 3.05) is 5.32 Å². The van der Waals surface area contributed by atoms with E-state index in [1.807, 2.05) is 55.5 Å². The average Bonchev–Trinajstić information content (AvgIpc) is 3.16. The van der Waals surface area contributed by atoms with Crippen LogP contribution in [0.4, 0.5) is 5.69 Å². The van der Waals surface area contributed by atoms with Crippen molar-refractivity contribution in [3.05, 3.63) is 100.0 Å². The molecule has 0 atom stereocenters. The van der Waals surface area contributed by atoms with E-state index in [4.69, 9.17) is 0 Å². The monoisotopic (exact) mass is 422 g/mol. The molecule has 0 saturated carbocycles. The van der Waals surface area contributed by atoms with Crippen LogP contribution in [0, 0.1) is 6.92 Å². The number of H-pyrrole nitrogens is 1. The molecule has 2 N–H and O–H groups in total.